The normalized spacial score (nSPS) is 10.8. The lowest BCUT2D eigenvalue weighted by Crippen LogP contribution is -2.34. The van der Waals surface area contributed by atoms with E-state index >= 15 is 0 Å². The number of hydrogen-bond acceptors (Lipinski definition) is 2. The van der Waals surface area contributed by atoms with Crippen molar-refractivity contribution in [2.24, 2.45) is 5.92 Å². The van der Waals surface area contributed by atoms with Crippen LogP contribution >= 0.6 is 0 Å². The van der Waals surface area contributed by atoms with E-state index in [1.165, 1.54) is 6.07 Å². The third-order valence-electron chi connectivity index (χ3n) is 2.64. The molecule has 106 valence electrons. The first-order valence-electron chi connectivity index (χ1n) is 6.40. The van der Waals surface area contributed by atoms with E-state index in [4.69, 9.17) is 0 Å². The zero-order chi connectivity index (χ0) is 14.3. The van der Waals surface area contributed by atoms with Crippen LogP contribution in [-0.4, -0.2) is 19.0 Å². The van der Waals surface area contributed by atoms with Gasteiger partial charge >= 0.3 is 0 Å². The van der Waals surface area contributed by atoms with Crippen molar-refractivity contribution in [1.82, 2.24) is 10.6 Å². The van der Waals surface area contributed by atoms with Crippen LogP contribution in [0.5, 0.6) is 0 Å². The smallest absolute Gasteiger partial charge is 0.233 e. The second kappa shape index (κ2) is 7.84. The highest BCUT2D eigenvalue weighted by Crippen LogP contribution is 2.08. The Morgan fingerprint density at radius 2 is 2.00 bits per heavy atom. The van der Waals surface area contributed by atoms with Crippen molar-refractivity contribution in [3.63, 3.8) is 0 Å². The summed E-state index contributed by atoms with van der Waals surface area (Å²) >= 11 is 0. The summed E-state index contributed by atoms with van der Waals surface area (Å²) in [5.41, 5.74) is 0.605. The zero-order valence-corrected chi connectivity index (χ0v) is 11.3. The van der Waals surface area contributed by atoms with Gasteiger partial charge < -0.3 is 10.6 Å². The Kier molecular flexibility index (Phi) is 6.42. The van der Waals surface area contributed by atoms with Crippen molar-refractivity contribution in [1.29, 1.82) is 0 Å². The van der Waals surface area contributed by atoms with Crippen molar-refractivity contribution >= 4 is 5.91 Å². The van der Waals surface area contributed by atoms with Crippen molar-refractivity contribution in [2.45, 2.75) is 26.8 Å². The van der Waals surface area contributed by atoms with Crippen molar-refractivity contribution in [3.8, 4) is 0 Å². The van der Waals surface area contributed by atoms with Gasteiger partial charge in [0.2, 0.25) is 5.91 Å². The van der Waals surface area contributed by atoms with Gasteiger partial charge in [-0.05, 0) is 30.0 Å². The third kappa shape index (κ3) is 6.29. The van der Waals surface area contributed by atoms with Crippen molar-refractivity contribution in [3.05, 3.63) is 35.4 Å². The molecular weight excluding hydrogens is 250 g/mol. The van der Waals surface area contributed by atoms with E-state index in [2.05, 4.69) is 24.5 Å². The van der Waals surface area contributed by atoms with Crippen LogP contribution in [0.1, 0.15) is 25.8 Å². The van der Waals surface area contributed by atoms with Gasteiger partial charge in [-0.25, -0.2) is 8.78 Å². The molecule has 0 unspecified atom stereocenters. The Labute approximate surface area is 112 Å². The molecule has 0 radical (unpaired) electrons. The second-order valence-corrected chi connectivity index (χ2v) is 4.88. The molecule has 1 amide bonds. The lowest BCUT2D eigenvalue weighted by atomic mass is 10.1. The third-order valence-corrected chi connectivity index (χ3v) is 2.64. The Hall–Kier alpha value is -1.49. The summed E-state index contributed by atoms with van der Waals surface area (Å²) < 4.78 is 25.6. The number of nitrogens with one attached hydrogen (secondary N) is 2. The first kappa shape index (κ1) is 15.6. The average Bonchev–Trinajstić information content (AvgIpc) is 2.33. The van der Waals surface area contributed by atoms with Gasteiger partial charge in [0.25, 0.3) is 0 Å². The number of rotatable bonds is 7. The Balaban J connectivity index is 2.22. The highest BCUT2D eigenvalue weighted by molar-refractivity contribution is 5.77. The van der Waals surface area contributed by atoms with Crippen LogP contribution in [0, 0.1) is 17.6 Å². The highest BCUT2D eigenvalue weighted by atomic mass is 19.2. The quantitative estimate of drug-likeness (QED) is 0.797. The number of hydrogen-bond donors (Lipinski definition) is 2. The van der Waals surface area contributed by atoms with Crippen LogP contribution in [0.3, 0.4) is 0 Å². The molecule has 19 heavy (non-hydrogen) atoms. The van der Waals surface area contributed by atoms with Gasteiger partial charge in [0, 0.05) is 13.1 Å². The van der Waals surface area contributed by atoms with E-state index in [-0.39, 0.29) is 12.5 Å². The molecule has 0 heterocycles. The van der Waals surface area contributed by atoms with E-state index in [1.54, 1.807) is 0 Å². The molecule has 1 aromatic rings. The highest BCUT2D eigenvalue weighted by Gasteiger charge is 2.04. The van der Waals surface area contributed by atoms with Crippen LogP contribution in [0.2, 0.25) is 0 Å². The lowest BCUT2D eigenvalue weighted by molar-refractivity contribution is -0.120. The summed E-state index contributed by atoms with van der Waals surface area (Å²) in [4.78, 5) is 11.4. The molecule has 0 bridgehead atoms. The Morgan fingerprint density at radius 1 is 1.26 bits per heavy atom. The summed E-state index contributed by atoms with van der Waals surface area (Å²) in [6.07, 6.45) is 0.939. The molecular formula is C14H20F2N2O. The first-order valence-corrected chi connectivity index (χ1v) is 6.40. The van der Waals surface area contributed by atoms with Gasteiger partial charge in [-0.2, -0.15) is 0 Å². The molecule has 0 aliphatic rings. The largest absolute Gasteiger partial charge is 0.355 e. The predicted molar refractivity (Wildman–Crippen MR) is 70.5 cm³/mol. The fourth-order valence-electron chi connectivity index (χ4n) is 1.53. The van der Waals surface area contributed by atoms with Gasteiger partial charge in [0.15, 0.2) is 11.6 Å². The van der Waals surface area contributed by atoms with E-state index in [0.29, 0.717) is 24.6 Å². The maximum Gasteiger partial charge on any atom is 0.233 e. The number of amides is 1. The minimum atomic E-state index is -0.874. The van der Waals surface area contributed by atoms with Crippen LogP contribution in [0.15, 0.2) is 18.2 Å². The van der Waals surface area contributed by atoms with Gasteiger partial charge in [0.1, 0.15) is 0 Å². The van der Waals surface area contributed by atoms with E-state index in [1.807, 2.05) is 0 Å². The molecule has 1 rings (SSSR count). The molecule has 0 saturated heterocycles. The molecule has 2 N–H and O–H groups in total. The summed E-state index contributed by atoms with van der Waals surface area (Å²) in [5, 5.41) is 5.67. The molecule has 3 nitrogen and oxygen atoms in total. The van der Waals surface area contributed by atoms with Gasteiger partial charge in [0.05, 0.1) is 6.54 Å². The van der Waals surface area contributed by atoms with E-state index in [0.717, 1.165) is 18.6 Å². The molecule has 5 heteroatoms. The summed E-state index contributed by atoms with van der Waals surface area (Å²) in [6, 6.07) is 3.69. The fraction of sp³-hybridized carbons (Fsp3) is 0.500. The van der Waals surface area contributed by atoms with Crippen LogP contribution < -0.4 is 10.6 Å². The monoisotopic (exact) mass is 270 g/mol. The molecule has 0 spiro atoms. The lowest BCUT2D eigenvalue weighted by Gasteiger charge is -2.08. The van der Waals surface area contributed by atoms with Crippen molar-refractivity contribution in [2.75, 3.05) is 13.1 Å². The number of benzene rings is 1. The maximum atomic E-state index is 12.9. The number of halogens is 2. The van der Waals surface area contributed by atoms with E-state index < -0.39 is 11.6 Å². The number of carbonyl (C=O) groups is 1. The maximum absolute atomic E-state index is 12.9. The minimum absolute atomic E-state index is 0.0942. The molecule has 0 aliphatic carbocycles. The summed E-state index contributed by atoms with van der Waals surface area (Å²) in [5.74, 6) is -1.28. The van der Waals surface area contributed by atoms with Crippen molar-refractivity contribution < 1.29 is 13.6 Å². The minimum Gasteiger partial charge on any atom is -0.355 e. The standard InChI is InChI=1S/C14H20F2N2O/c1-10(2)5-6-18-14(19)9-17-8-11-3-4-12(15)13(16)7-11/h3-4,7,10,17H,5-6,8-9H2,1-2H3,(H,18,19). The summed E-state index contributed by atoms with van der Waals surface area (Å²) in [7, 11) is 0. The average molecular weight is 270 g/mol. The zero-order valence-electron chi connectivity index (χ0n) is 11.3. The molecule has 1 aromatic carbocycles. The molecule has 0 saturated carbocycles. The SMILES string of the molecule is CC(C)CCNC(=O)CNCc1ccc(F)c(F)c1. The second-order valence-electron chi connectivity index (χ2n) is 4.88. The molecule has 0 atom stereocenters. The molecule has 0 aromatic heterocycles. The molecule has 0 aliphatic heterocycles. The predicted octanol–water partition coefficient (Wildman–Crippen LogP) is 2.22. The summed E-state index contributed by atoms with van der Waals surface area (Å²) in [6.45, 7) is 5.33. The Morgan fingerprint density at radius 3 is 2.63 bits per heavy atom. The van der Waals surface area contributed by atoms with Gasteiger partial charge in [-0.15, -0.1) is 0 Å². The van der Waals surface area contributed by atoms with Gasteiger partial charge in [-0.1, -0.05) is 19.9 Å². The first-order chi connectivity index (χ1) is 8.99. The van der Waals surface area contributed by atoms with Gasteiger partial charge in [-0.3, -0.25) is 4.79 Å². The molecule has 0 fully saturated rings. The number of carbonyl (C=O) groups excluding carboxylic acids is 1. The van der Waals surface area contributed by atoms with Crippen LogP contribution in [0.25, 0.3) is 0 Å². The Bertz CT molecular complexity index is 422. The van der Waals surface area contributed by atoms with E-state index in [9.17, 15) is 13.6 Å². The van der Waals surface area contributed by atoms with Crippen LogP contribution in [-0.2, 0) is 11.3 Å². The topological polar surface area (TPSA) is 41.1 Å². The van der Waals surface area contributed by atoms with Crippen LogP contribution in [0.4, 0.5) is 8.78 Å². The fourth-order valence-corrected chi connectivity index (χ4v) is 1.53.